The van der Waals surface area contributed by atoms with Gasteiger partial charge >= 0.3 is 0 Å². The molecule has 2 heterocycles. The first-order chi connectivity index (χ1) is 15.6. The van der Waals surface area contributed by atoms with E-state index in [-0.39, 0.29) is 23.1 Å². The number of hydrogen-bond acceptors (Lipinski definition) is 6. The number of para-hydroxylation sites is 1. The van der Waals surface area contributed by atoms with E-state index < -0.39 is 0 Å². The first kappa shape index (κ1) is 22.3. The van der Waals surface area contributed by atoms with Gasteiger partial charge in [0.25, 0.3) is 11.5 Å². The highest BCUT2D eigenvalue weighted by molar-refractivity contribution is 7.99. The number of benzene rings is 1. The molecule has 0 saturated heterocycles. The minimum absolute atomic E-state index is 0.0260. The van der Waals surface area contributed by atoms with Crippen molar-refractivity contribution in [1.82, 2.24) is 20.4 Å². The molecule has 0 saturated carbocycles. The number of carbonyl (C=O) groups excluding carboxylic acids is 2. The number of allylic oxidation sites excluding steroid dienone is 2. The predicted octanol–water partition coefficient (Wildman–Crippen LogP) is 3.90. The van der Waals surface area contributed by atoms with Crippen molar-refractivity contribution in [2.75, 3.05) is 5.75 Å². The third-order valence-electron chi connectivity index (χ3n) is 5.26. The highest BCUT2D eigenvalue weighted by atomic mass is 32.2. The van der Waals surface area contributed by atoms with E-state index in [4.69, 9.17) is 0 Å². The highest BCUT2D eigenvalue weighted by Crippen LogP contribution is 2.23. The average Bonchev–Trinajstić information content (AvgIpc) is 3.36. The number of rotatable bonds is 7. The molecule has 0 spiro atoms. The number of hydrogen-bond donors (Lipinski definition) is 2. The van der Waals surface area contributed by atoms with E-state index in [9.17, 15) is 14.4 Å². The predicted molar refractivity (Wildman–Crippen MR) is 128 cm³/mol. The van der Waals surface area contributed by atoms with Gasteiger partial charge in [-0.05, 0) is 55.7 Å². The van der Waals surface area contributed by atoms with Crippen LogP contribution in [-0.4, -0.2) is 27.1 Å². The van der Waals surface area contributed by atoms with Crippen LogP contribution in [0.1, 0.15) is 41.8 Å². The molecule has 2 amide bonds. The van der Waals surface area contributed by atoms with Crippen LogP contribution >= 0.6 is 23.1 Å². The van der Waals surface area contributed by atoms with Crippen LogP contribution in [0.25, 0.3) is 10.9 Å². The summed E-state index contributed by atoms with van der Waals surface area (Å²) in [6.07, 6.45) is 7.66. The maximum Gasteiger partial charge on any atom is 0.279 e. The summed E-state index contributed by atoms with van der Waals surface area (Å²) in [5.41, 5.74) is 6.72. The molecule has 2 N–H and O–H groups in total. The van der Waals surface area contributed by atoms with Crippen molar-refractivity contribution < 1.29 is 9.59 Å². The molecular weight excluding hydrogens is 444 g/mol. The summed E-state index contributed by atoms with van der Waals surface area (Å²) in [5.74, 6) is -0.707. The maximum atomic E-state index is 13.1. The molecule has 1 aliphatic rings. The van der Waals surface area contributed by atoms with E-state index in [1.165, 1.54) is 41.5 Å². The van der Waals surface area contributed by atoms with Crippen LogP contribution in [0.3, 0.4) is 0 Å². The van der Waals surface area contributed by atoms with E-state index in [1.54, 1.807) is 34.2 Å². The van der Waals surface area contributed by atoms with Crippen LogP contribution in [-0.2, 0) is 11.3 Å². The summed E-state index contributed by atoms with van der Waals surface area (Å²) >= 11 is 2.49. The normalized spacial score (nSPS) is 13.6. The van der Waals surface area contributed by atoms with Crippen molar-refractivity contribution >= 4 is 45.8 Å². The van der Waals surface area contributed by atoms with Crippen LogP contribution in [0.5, 0.6) is 0 Å². The highest BCUT2D eigenvalue weighted by Gasteiger charge is 2.15. The lowest BCUT2D eigenvalue weighted by molar-refractivity contribution is -0.119. The van der Waals surface area contributed by atoms with E-state index in [2.05, 4.69) is 21.9 Å². The minimum Gasteiger partial charge on any atom is -0.287 e. The molecular formula is C23H24N4O3S2. The molecule has 0 atom stereocenters. The van der Waals surface area contributed by atoms with Gasteiger partial charge in [0, 0.05) is 6.54 Å². The minimum atomic E-state index is -0.371. The Bertz CT molecular complexity index is 1200. The Morgan fingerprint density at radius 3 is 2.78 bits per heavy atom. The van der Waals surface area contributed by atoms with Crippen molar-refractivity contribution in [2.24, 2.45) is 0 Å². The van der Waals surface area contributed by atoms with Crippen LogP contribution in [0, 0.1) is 0 Å². The molecule has 0 fully saturated rings. The Morgan fingerprint density at radius 2 is 2.00 bits per heavy atom. The molecule has 166 valence electrons. The smallest absolute Gasteiger partial charge is 0.279 e. The summed E-state index contributed by atoms with van der Waals surface area (Å²) in [6.45, 7) is 0.529. The van der Waals surface area contributed by atoms with Gasteiger partial charge in [-0.25, -0.2) is 4.98 Å². The number of nitrogens with zero attached hydrogens (tertiary/aromatic N) is 2. The lowest BCUT2D eigenvalue weighted by Gasteiger charge is -2.16. The number of carbonyl (C=O) groups is 2. The molecule has 9 heteroatoms. The fraction of sp³-hybridized carbons (Fsp3) is 0.304. The zero-order valence-electron chi connectivity index (χ0n) is 17.5. The van der Waals surface area contributed by atoms with Crippen molar-refractivity contribution in [1.29, 1.82) is 0 Å². The van der Waals surface area contributed by atoms with Gasteiger partial charge in [-0.1, -0.05) is 41.6 Å². The molecule has 32 heavy (non-hydrogen) atoms. The van der Waals surface area contributed by atoms with E-state index in [0.29, 0.717) is 27.5 Å². The second kappa shape index (κ2) is 10.6. The van der Waals surface area contributed by atoms with Gasteiger partial charge in [-0.2, -0.15) is 0 Å². The fourth-order valence-corrected chi connectivity index (χ4v) is 5.05. The topological polar surface area (TPSA) is 93.1 Å². The zero-order chi connectivity index (χ0) is 22.3. The number of amides is 2. The van der Waals surface area contributed by atoms with Gasteiger partial charge in [0.2, 0.25) is 5.91 Å². The van der Waals surface area contributed by atoms with Gasteiger partial charge in [-0.3, -0.25) is 29.8 Å². The van der Waals surface area contributed by atoms with Crippen molar-refractivity contribution in [3.8, 4) is 0 Å². The number of nitrogens with one attached hydrogen (secondary N) is 2. The number of thioether (sulfide) groups is 1. The summed E-state index contributed by atoms with van der Waals surface area (Å²) in [4.78, 5) is 42.6. The molecule has 0 bridgehead atoms. The quantitative estimate of drug-likeness (QED) is 0.237. The lowest BCUT2D eigenvalue weighted by Crippen LogP contribution is -2.42. The molecule has 7 nitrogen and oxygen atoms in total. The van der Waals surface area contributed by atoms with Crippen LogP contribution in [0.2, 0.25) is 0 Å². The standard InChI is InChI=1S/C23H24N4O3S2/c28-20(25-26-21(29)19-11-6-14-31-19)15-32-23-24-18-10-5-4-9-17(18)22(30)27(23)13-12-16-7-2-1-3-8-16/h4-7,9-11,14H,1-3,8,12-13,15H2,(H,25,28)(H,26,29). The average molecular weight is 469 g/mol. The fourth-order valence-electron chi connectivity index (χ4n) is 3.60. The van der Waals surface area contributed by atoms with Crippen LogP contribution in [0.15, 0.2) is 63.4 Å². The first-order valence-corrected chi connectivity index (χ1v) is 12.4. The summed E-state index contributed by atoms with van der Waals surface area (Å²) in [6, 6.07) is 10.7. The Kier molecular flexibility index (Phi) is 7.39. The van der Waals surface area contributed by atoms with Crippen LogP contribution < -0.4 is 16.4 Å². The zero-order valence-corrected chi connectivity index (χ0v) is 19.1. The Balaban J connectivity index is 1.46. The first-order valence-electron chi connectivity index (χ1n) is 10.5. The SMILES string of the molecule is O=C(CSc1nc2ccccc2c(=O)n1CCC1=CCCCC1)NNC(=O)c1cccs1. The Labute approximate surface area is 193 Å². The number of hydrazine groups is 1. The molecule has 2 aromatic heterocycles. The Hall–Kier alpha value is -2.91. The van der Waals surface area contributed by atoms with Crippen molar-refractivity contribution in [3.05, 3.63) is 68.7 Å². The summed E-state index contributed by atoms with van der Waals surface area (Å²) in [7, 11) is 0. The molecule has 0 radical (unpaired) electrons. The van der Waals surface area contributed by atoms with E-state index in [0.717, 1.165) is 19.3 Å². The number of thiophene rings is 1. The lowest BCUT2D eigenvalue weighted by atomic mass is 9.97. The van der Waals surface area contributed by atoms with Gasteiger partial charge in [0.05, 0.1) is 21.5 Å². The molecule has 4 rings (SSSR count). The molecule has 0 aliphatic heterocycles. The Morgan fingerprint density at radius 1 is 1.12 bits per heavy atom. The van der Waals surface area contributed by atoms with Gasteiger partial charge in [-0.15, -0.1) is 11.3 Å². The van der Waals surface area contributed by atoms with E-state index >= 15 is 0 Å². The maximum absolute atomic E-state index is 13.1. The number of aromatic nitrogens is 2. The van der Waals surface area contributed by atoms with Crippen molar-refractivity contribution in [2.45, 2.75) is 43.8 Å². The van der Waals surface area contributed by atoms with Gasteiger partial charge in [0.15, 0.2) is 5.16 Å². The second-order valence-electron chi connectivity index (χ2n) is 7.49. The summed E-state index contributed by atoms with van der Waals surface area (Å²) < 4.78 is 1.67. The third-order valence-corrected chi connectivity index (χ3v) is 7.11. The monoisotopic (exact) mass is 468 g/mol. The second-order valence-corrected chi connectivity index (χ2v) is 9.38. The van der Waals surface area contributed by atoms with Gasteiger partial charge < -0.3 is 0 Å². The third kappa shape index (κ3) is 5.46. The largest absolute Gasteiger partial charge is 0.287 e. The van der Waals surface area contributed by atoms with Gasteiger partial charge in [0.1, 0.15) is 0 Å². The van der Waals surface area contributed by atoms with Crippen LogP contribution in [0.4, 0.5) is 0 Å². The molecule has 3 aromatic rings. The summed E-state index contributed by atoms with van der Waals surface area (Å²) in [5, 5.41) is 2.87. The molecule has 1 aromatic carbocycles. The van der Waals surface area contributed by atoms with Crippen molar-refractivity contribution in [3.63, 3.8) is 0 Å². The number of fused-ring (bicyclic) bond motifs is 1. The molecule has 0 unspecified atom stereocenters. The van der Waals surface area contributed by atoms with E-state index in [1.807, 2.05) is 12.1 Å². The molecule has 1 aliphatic carbocycles.